The second-order valence-electron chi connectivity index (χ2n) is 6.74. The molecule has 1 aliphatic heterocycles. The Hall–Kier alpha value is -2.84. The fourth-order valence-electron chi connectivity index (χ4n) is 3.24. The van der Waals surface area contributed by atoms with Crippen molar-refractivity contribution in [3.63, 3.8) is 0 Å². The lowest BCUT2D eigenvalue weighted by Crippen LogP contribution is -2.49. The van der Waals surface area contributed by atoms with E-state index >= 15 is 0 Å². The number of nitrogens with zero attached hydrogens (tertiary/aromatic N) is 5. The fourth-order valence-corrected chi connectivity index (χ4v) is 3.24. The summed E-state index contributed by atoms with van der Waals surface area (Å²) in [5.41, 5.74) is 1.79. The molecule has 8 heteroatoms. The van der Waals surface area contributed by atoms with Crippen molar-refractivity contribution >= 4 is 5.82 Å². The van der Waals surface area contributed by atoms with Crippen LogP contribution >= 0.6 is 0 Å². The van der Waals surface area contributed by atoms with Crippen molar-refractivity contribution in [3.8, 4) is 11.5 Å². The SMILES string of the molecule is Cc1noc(-c2ccc(N[C@@H]3CCN(Cc4ccccn4)C[C@H]3O)nc2)n1. The zero-order chi connectivity index (χ0) is 18.6. The average molecular weight is 366 g/mol. The lowest BCUT2D eigenvalue weighted by Gasteiger charge is -2.36. The van der Waals surface area contributed by atoms with Crippen LogP contribution in [0.3, 0.4) is 0 Å². The second-order valence-corrected chi connectivity index (χ2v) is 6.74. The van der Waals surface area contributed by atoms with Crippen molar-refractivity contribution in [1.29, 1.82) is 0 Å². The number of likely N-dealkylation sites (tertiary alicyclic amines) is 1. The lowest BCUT2D eigenvalue weighted by molar-refractivity contribution is 0.0555. The molecular formula is C19H22N6O2. The zero-order valence-electron chi connectivity index (χ0n) is 15.1. The number of hydrogen-bond donors (Lipinski definition) is 2. The number of anilines is 1. The highest BCUT2D eigenvalue weighted by Gasteiger charge is 2.28. The van der Waals surface area contributed by atoms with E-state index in [1.807, 2.05) is 30.3 Å². The van der Waals surface area contributed by atoms with Crippen LogP contribution in [-0.4, -0.2) is 55.4 Å². The van der Waals surface area contributed by atoms with Crippen molar-refractivity contribution in [2.75, 3.05) is 18.4 Å². The van der Waals surface area contributed by atoms with Crippen LogP contribution in [0.4, 0.5) is 5.82 Å². The highest BCUT2D eigenvalue weighted by molar-refractivity contribution is 5.54. The standard InChI is InChI=1S/C19H22N6O2/c1-13-22-19(27-24-13)14-5-6-18(21-10-14)23-16-7-9-25(12-17(16)26)11-15-4-2-3-8-20-15/h2-6,8,10,16-17,26H,7,9,11-12H2,1H3,(H,21,23)/t16-,17-/m1/s1. The molecule has 4 rings (SSSR count). The van der Waals surface area contributed by atoms with E-state index in [0.717, 1.165) is 36.6 Å². The normalized spacial score (nSPS) is 20.5. The van der Waals surface area contributed by atoms with Gasteiger partial charge in [0.05, 0.1) is 23.4 Å². The Bertz CT molecular complexity index is 867. The van der Waals surface area contributed by atoms with E-state index in [4.69, 9.17) is 4.52 Å². The molecule has 0 bridgehead atoms. The largest absolute Gasteiger partial charge is 0.390 e. The number of aliphatic hydroxyl groups is 1. The van der Waals surface area contributed by atoms with Crippen molar-refractivity contribution in [2.45, 2.75) is 32.0 Å². The molecule has 0 radical (unpaired) electrons. The first-order chi connectivity index (χ1) is 13.2. The number of pyridine rings is 2. The van der Waals surface area contributed by atoms with Crippen molar-refractivity contribution in [2.24, 2.45) is 0 Å². The van der Waals surface area contributed by atoms with Gasteiger partial charge in [-0.15, -0.1) is 0 Å². The van der Waals surface area contributed by atoms with Gasteiger partial charge in [-0.2, -0.15) is 4.98 Å². The quantitative estimate of drug-likeness (QED) is 0.706. The Morgan fingerprint density at radius 1 is 1.26 bits per heavy atom. The third-order valence-electron chi connectivity index (χ3n) is 4.65. The minimum absolute atomic E-state index is 0.0334. The number of nitrogens with one attached hydrogen (secondary N) is 1. The van der Waals surface area contributed by atoms with E-state index in [1.54, 1.807) is 19.3 Å². The molecule has 0 amide bonds. The first-order valence-corrected chi connectivity index (χ1v) is 9.01. The Labute approximate surface area is 157 Å². The molecule has 0 spiro atoms. The number of hydrogen-bond acceptors (Lipinski definition) is 8. The molecule has 2 atom stereocenters. The van der Waals surface area contributed by atoms with Crippen LogP contribution in [0.2, 0.25) is 0 Å². The van der Waals surface area contributed by atoms with Gasteiger partial charge in [-0.1, -0.05) is 11.2 Å². The van der Waals surface area contributed by atoms with Crippen LogP contribution in [0.1, 0.15) is 17.9 Å². The molecule has 0 saturated carbocycles. The zero-order valence-corrected chi connectivity index (χ0v) is 15.1. The van der Waals surface area contributed by atoms with Gasteiger partial charge >= 0.3 is 0 Å². The molecule has 1 saturated heterocycles. The summed E-state index contributed by atoms with van der Waals surface area (Å²) in [6.07, 6.45) is 3.85. The van der Waals surface area contributed by atoms with Crippen LogP contribution < -0.4 is 5.32 Å². The molecule has 0 unspecified atom stereocenters. The van der Waals surface area contributed by atoms with E-state index in [2.05, 4.69) is 30.3 Å². The van der Waals surface area contributed by atoms with E-state index in [-0.39, 0.29) is 6.04 Å². The van der Waals surface area contributed by atoms with E-state index in [0.29, 0.717) is 18.3 Å². The molecular weight excluding hydrogens is 344 g/mol. The highest BCUT2D eigenvalue weighted by atomic mass is 16.5. The summed E-state index contributed by atoms with van der Waals surface area (Å²) in [6.45, 7) is 4.03. The van der Waals surface area contributed by atoms with Gasteiger partial charge < -0.3 is 14.9 Å². The Balaban J connectivity index is 1.33. The van der Waals surface area contributed by atoms with Gasteiger partial charge in [0.15, 0.2) is 5.82 Å². The van der Waals surface area contributed by atoms with E-state index < -0.39 is 6.10 Å². The fraction of sp³-hybridized carbons (Fsp3) is 0.368. The maximum atomic E-state index is 10.5. The summed E-state index contributed by atoms with van der Waals surface area (Å²) < 4.78 is 5.15. The summed E-state index contributed by atoms with van der Waals surface area (Å²) in [7, 11) is 0. The number of aliphatic hydroxyl groups excluding tert-OH is 1. The van der Waals surface area contributed by atoms with Crippen molar-refractivity contribution in [1.82, 2.24) is 25.0 Å². The van der Waals surface area contributed by atoms with Crippen molar-refractivity contribution < 1.29 is 9.63 Å². The molecule has 3 aromatic heterocycles. The predicted octanol–water partition coefficient (Wildman–Crippen LogP) is 1.88. The van der Waals surface area contributed by atoms with Gasteiger partial charge in [0, 0.05) is 32.0 Å². The minimum Gasteiger partial charge on any atom is -0.390 e. The molecule has 0 aliphatic carbocycles. The Morgan fingerprint density at radius 3 is 2.85 bits per heavy atom. The predicted molar refractivity (Wildman–Crippen MR) is 99.8 cm³/mol. The summed E-state index contributed by atoms with van der Waals surface area (Å²) in [5, 5.41) is 17.6. The molecule has 3 aromatic rings. The third kappa shape index (κ3) is 4.29. The van der Waals surface area contributed by atoms with Crippen LogP contribution in [0.15, 0.2) is 47.2 Å². The summed E-state index contributed by atoms with van der Waals surface area (Å²) in [5.74, 6) is 1.76. The first kappa shape index (κ1) is 17.6. The molecule has 1 fully saturated rings. The van der Waals surface area contributed by atoms with Gasteiger partial charge in [-0.05, 0) is 37.6 Å². The molecule has 2 N–H and O–H groups in total. The Kier molecular flexibility index (Phi) is 5.08. The van der Waals surface area contributed by atoms with Gasteiger partial charge in [-0.25, -0.2) is 4.98 Å². The van der Waals surface area contributed by atoms with E-state index in [9.17, 15) is 5.11 Å². The summed E-state index contributed by atoms with van der Waals surface area (Å²) in [6, 6.07) is 9.61. The maximum absolute atomic E-state index is 10.5. The van der Waals surface area contributed by atoms with Crippen LogP contribution in [0.25, 0.3) is 11.5 Å². The monoisotopic (exact) mass is 366 g/mol. The maximum Gasteiger partial charge on any atom is 0.259 e. The van der Waals surface area contributed by atoms with E-state index in [1.165, 1.54) is 0 Å². The third-order valence-corrected chi connectivity index (χ3v) is 4.65. The van der Waals surface area contributed by atoms with Crippen LogP contribution in [0.5, 0.6) is 0 Å². The first-order valence-electron chi connectivity index (χ1n) is 9.01. The summed E-state index contributed by atoms with van der Waals surface area (Å²) in [4.78, 5) is 15.2. The number of β-amino-alcohol motifs (C(OH)–C–C–N with tert-alkyl or cyclic N) is 1. The number of rotatable bonds is 5. The molecule has 8 nitrogen and oxygen atoms in total. The van der Waals surface area contributed by atoms with Crippen LogP contribution in [-0.2, 0) is 6.54 Å². The smallest absolute Gasteiger partial charge is 0.259 e. The highest BCUT2D eigenvalue weighted by Crippen LogP contribution is 2.20. The molecule has 140 valence electrons. The molecule has 1 aliphatic rings. The lowest BCUT2D eigenvalue weighted by atomic mass is 10.0. The minimum atomic E-state index is -0.470. The number of aryl methyl sites for hydroxylation is 1. The summed E-state index contributed by atoms with van der Waals surface area (Å²) >= 11 is 0. The molecule has 0 aromatic carbocycles. The number of piperidine rings is 1. The van der Waals surface area contributed by atoms with Crippen LogP contribution in [0, 0.1) is 6.92 Å². The van der Waals surface area contributed by atoms with Gasteiger partial charge in [0.1, 0.15) is 5.82 Å². The molecule has 27 heavy (non-hydrogen) atoms. The number of aromatic nitrogens is 4. The van der Waals surface area contributed by atoms with Crippen molar-refractivity contribution in [3.05, 3.63) is 54.2 Å². The van der Waals surface area contributed by atoms with Gasteiger partial charge in [-0.3, -0.25) is 9.88 Å². The average Bonchev–Trinajstić information content (AvgIpc) is 3.12. The van der Waals surface area contributed by atoms with Gasteiger partial charge in [0.2, 0.25) is 0 Å². The van der Waals surface area contributed by atoms with Gasteiger partial charge in [0.25, 0.3) is 5.89 Å². The second kappa shape index (κ2) is 7.81. The molecule has 4 heterocycles. The Morgan fingerprint density at radius 2 is 2.19 bits per heavy atom. The topological polar surface area (TPSA) is 100 Å².